The number of rotatable bonds is 13. The molecule has 0 spiro atoms. The SMILES string of the molecule is c1ccc(-c2ccccc2N(c2cc3c4c(c2)N(c2ccc(-c5c6ccccc6c(-c6ccccc6)c6ccccc56)cc2)c2ccccc2B4c2cc4c(cc2O3)N(c2ccccc2)c2cc(N(c3ccccc3)c3ccccc3)cc3c2B4c2ccccc2N3c2ccccc2)c2ccccc2-c2ccccc2)cc1. The number of anilines is 15. The van der Waals surface area contributed by atoms with Crippen molar-refractivity contribution in [3.05, 3.63) is 419 Å². The smallest absolute Gasteiger partial charge is 0.256 e. The molecule has 0 saturated carbocycles. The van der Waals surface area contributed by atoms with Gasteiger partial charge in [-0.05, 0) is 191 Å². The second-order valence-electron chi connectivity index (χ2n) is 29.3. The first-order valence-electron chi connectivity index (χ1n) is 38.6. The molecule has 0 atom stereocenters. The minimum absolute atomic E-state index is 0.207. The lowest BCUT2D eigenvalue weighted by molar-refractivity contribution is 0.488. The monoisotopic (exact) mass is 1430 g/mol. The van der Waals surface area contributed by atoms with E-state index in [1.165, 1.54) is 60.1 Å². The molecule has 4 aliphatic heterocycles. The van der Waals surface area contributed by atoms with Crippen LogP contribution in [0.3, 0.4) is 0 Å². The van der Waals surface area contributed by atoms with Gasteiger partial charge in [0.1, 0.15) is 11.5 Å². The van der Waals surface area contributed by atoms with Crippen LogP contribution in [0.5, 0.6) is 11.5 Å². The zero-order valence-electron chi connectivity index (χ0n) is 61.1. The van der Waals surface area contributed by atoms with Gasteiger partial charge in [0.05, 0.1) is 22.7 Å². The van der Waals surface area contributed by atoms with Crippen LogP contribution in [-0.2, 0) is 0 Å². The van der Waals surface area contributed by atoms with Gasteiger partial charge in [0.2, 0.25) is 0 Å². The summed E-state index contributed by atoms with van der Waals surface area (Å²) in [7, 11) is 0. The first-order valence-corrected chi connectivity index (χ1v) is 38.6. The molecule has 0 fully saturated rings. The van der Waals surface area contributed by atoms with Crippen LogP contribution in [0.25, 0.3) is 66.1 Å². The molecule has 4 heterocycles. The maximum Gasteiger partial charge on any atom is 0.256 e. The third-order valence-corrected chi connectivity index (χ3v) is 23.2. The zero-order chi connectivity index (χ0) is 73.7. The largest absolute Gasteiger partial charge is 0.458 e. The highest BCUT2D eigenvalue weighted by atomic mass is 16.5. The van der Waals surface area contributed by atoms with E-state index in [1.807, 2.05) is 0 Å². The maximum atomic E-state index is 8.09. The standard InChI is InChI=1S/C104H69B2N5O/c1-8-34-70(35-9-1)81-48-26-30-56-91(81)111(92-57-31-27-49-82(92)71-36-10-2-11-37-71)80-66-98-104-100(67-80)112-99-69-95-89(68-90(99)106(104)88-55-29-33-59-94(88)109(98)78-62-60-73(61-63-78)102-85-52-24-22-50-83(85)101(72-38-12-3-13-39-72)84-51-23-25-53-86(84)102)105-87-54-28-32-58-93(87)108(76-44-18-6-19-45-76)96-64-79(65-97(103(96)105)110(95)77-46-20-7-21-47-77)107(74-40-14-4-15-41-74)75-42-16-5-17-43-75/h1-69H. The summed E-state index contributed by atoms with van der Waals surface area (Å²) in [5.41, 5.74) is 32.1. The number of fused-ring (bicyclic) bond motifs is 10. The van der Waals surface area contributed by atoms with Crippen LogP contribution in [0, 0.1) is 0 Å². The van der Waals surface area contributed by atoms with Gasteiger partial charge in [-0.25, -0.2) is 0 Å². The van der Waals surface area contributed by atoms with Gasteiger partial charge in [0, 0.05) is 85.8 Å². The van der Waals surface area contributed by atoms with Gasteiger partial charge in [-0.15, -0.1) is 0 Å². The fourth-order valence-corrected chi connectivity index (χ4v) is 18.6. The quantitative estimate of drug-likeness (QED) is 0.0843. The lowest BCUT2D eigenvalue weighted by Gasteiger charge is -2.46. The summed E-state index contributed by atoms with van der Waals surface area (Å²) in [6.07, 6.45) is 0. The van der Waals surface area contributed by atoms with Crippen molar-refractivity contribution in [2.75, 3.05) is 24.5 Å². The molecule has 18 aromatic rings. The topological polar surface area (TPSA) is 25.4 Å². The van der Waals surface area contributed by atoms with Crippen LogP contribution in [0.4, 0.5) is 85.3 Å². The van der Waals surface area contributed by atoms with E-state index in [0.29, 0.717) is 0 Å². The molecular formula is C104H69B2N5O. The van der Waals surface area contributed by atoms with Crippen molar-refractivity contribution >= 4 is 153 Å². The van der Waals surface area contributed by atoms with Crippen molar-refractivity contribution in [2.45, 2.75) is 0 Å². The van der Waals surface area contributed by atoms with Gasteiger partial charge in [0.25, 0.3) is 13.4 Å². The summed E-state index contributed by atoms with van der Waals surface area (Å²) in [6, 6.07) is 154. The molecule has 6 nitrogen and oxygen atoms in total. The highest BCUT2D eigenvalue weighted by Crippen LogP contribution is 2.54. The molecule has 4 aliphatic rings. The summed E-state index contributed by atoms with van der Waals surface area (Å²) in [4.78, 5) is 12.4. The fraction of sp³-hybridized carbons (Fsp3) is 0. The van der Waals surface area contributed by atoms with Crippen LogP contribution in [0.2, 0.25) is 0 Å². The summed E-state index contributed by atoms with van der Waals surface area (Å²) in [5, 5.41) is 4.87. The second-order valence-corrected chi connectivity index (χ2v) is 29.3. The molecule has 0 amide bonds. The van der Waals surface area contributed by atoms with Crippen molar-refractivity contribution in [3.8, 4) is 56.0 Å². The van der Waals surface area contributed by atoms with Gasteiger partial charge in [-0.1, -0.05) is 303 Å². The summed E-state index contributed by atoms with van der Waals surface area (Å²) in [6.45, 7) is -0.484. The predicted octanol–water partition coefficient (Wildman–Crippen LogP) is 24.1. The van der Waals surface area contributed by atoms with E-state index in [4.69, 9.17) is 4.74 Å². The van der Waals surface area contributed by atoms with E-state index >= 15 is 0 Å². The predicted molar refractivity (Wildman–Crippen MR) is 472 cm³/mol. The Kier molecular flexibility index (Phi) is 15.4. The average Bonchev–Trinajstić information content (AvgIpc) is 0.690. The average molecular weight is 1430 g/mol. The molecule has 0 radical (unpaired) electrons. The summed E-state index contributed by atoms with van der Waals surface area (Å²) < 4.78 is 8.09. The Labute approximate surface area is 652 Å². The van der Waals surface area contributed by atoms with E-state index in [-0.39, 0.29) is 13.4 Å². The van der Waals surface area contributed by atoms with Crippen LogP contribution in [0.15, 0.2) is 419 Å². The van der Waals surface area contributed by atoms with Crippen molar-refractivity contribution in [1.29, 1.82) is 0 Å². The molecule has 0 unspecified atom stereocenters. The van der Waals surface area contributed by atoms with Crippen LogP contribution >= 0.6 is 0 Å². The van der Waals surface area contributed by atoms with Crippen molar-refractivity contribution in [2.24, 2.45) is 0 Å². The van der Waals surface area contributed by atoms with Gasteiger partial charge in [0.15, 0.2) is 0 Å². The molecule has 522 valence electrons. The third-order valence-electron chi connectivity index (χ3n) is 23.2. The van der Waals surface area contributed by atoms with Crippen molar-refractivity contribution in [1.82, 2.24) is 0 Å². The number of nitrogens with zero attached hydrogens (tertiary/aromatic N) is 5. The van der Waals surface area contributed by atoms with Crippen molar-refractivity contribution < 1.29 is 4.74 Å². The number of benzene rings is 18. The minimum Gasteiger partial charge on any atom is -0.458 e. The zero-order valence-corrected chi connectivity index (χ0v) is 61.1. The Bertz CT molecular complexity index is 6510. The normalized spacial score (nSPS) is 12.6. The van der Waals surface area contributed by atoms with Gasteiger partial charge >= 0.3 is 0 Å². The Hall–Kier alpha value is -14.6. The van der Waals surface area contributed by atoms with E-state index in [0.717, 1.165) is 136 Å². The van der Waals surface area contributed by atoms with E-state index in [2.05, 4.69) is 443 Å². The second kappa shape index (κ2) is 26.7. The Morgan fingerprint density at radius 3 is 1.05 bits per heavy atom. The van der Waals surface area contributed by atoms with E-state index < -0.39 is 0 Å². The maximum absolute atomic E-state index is 8.09. The van der Waals surface area contributed by atoms with E-state index in [9.17, 15) is 0 Å². The summed E-state index contributed by atoms with van der Waals surface area (Å²) >= 11 is 0. The molecule has 8 heteroatoms. The third kappa shape index (κ3) is 10.4. The Morgan fingerprint density at radius 2 is 0.571 bits per heavy atom. The van der Waals surface area contributed by atoms with Crippen molar-refractivity contribution in [3.63, 3.8) is 0 Å². The molecule has 0 aliphatic carbocycles. The van der Waals surface area contributed by atoms with Crippen LogP contribution in [-0.4, -0.2) is 13.4 Å². The molecule has 0 saturated heterocycles. The minimum atomic E-state index is -0.277. The van der Waals surface area contributed by atoms with E-state index in [1.54, 1.807) is 0 Å². The fourth-order valence-electron chi connectivity index (χ4n) is 18.6. The van der Waals surface area contributed by atoms with Crippen LogP contribution < -0.4 is 62.0 Å². The number of hydrogen-bond acceptors (Lipinski definition) is 6. The molecule has 0 bridgehead atoms. The molecule has 18 aromatic carbocycles. The highest BCUT2D eigenvalue weighted by Gasteiger charge is 2.48. The summed E-state index contributed by atoms with van der Waals surface area (Å²) in [5.74, 6) is 1.59. The number of ether oxygens (including phenoxy) is 1. The van der Waals surface area contributed by atoms with Gasteiger partial charge in [-0.3, -0.25) is 0 Å². The molecule has 0 aromatic heterocycles. The lowest BCUT2D eigenvalue weighted by Crippen LogP contribution is -2.64. The number of para-hydroxylation sites is 8. The Balaban J connectivity index is 0.800. The molecule has 112 heavy (non-hydrogen) atoms. The van der Waals surface area contributed by atoms with Crippen LogP contribution in [0.1, 0.15) is 0 Å². The Morgan fingerprint density at radius 1 is 0.214 bits per heavy atom. The van der Waals surface area contributed by atoms with Gasteiger partial charge in [-0.2, -0.15) is 0 Å². The van der Waals surface area contributed by atoms with Gasteiger partial charge < -0.3 is 29.2 Å². The lowest BCUT2D eigenvalue weighted by atomic mass is 9.30. The molecule has 0 N–H and O–H groups in total. The molecular weight excluding hydrogens is 1360 g/mol. The first-order chi connectivity index (χ1) is 55.6. The highest BCUT2D eigenvalue weighted by molar-refractivity contribution is 7.02. The number of hydrogen-bond donors (Lipinski definition) is 0. The first kappa shape index (κ1) is 64.6. The molecule has 22 rings (SSSR count).